The van der Waals surface area contributed by atoms with Crippen molar-refractivity contribution in [2.24, 2.45) is 0 Å². The van der Waals surface area contributed by atoms with Crippen molar-refractivity contribution in [3.63, 3.8) is 0 Å². The molecule has 0 saturated carbocycles. The average molecular weight is 253 g/mol. The van der Waals surface area contributed by atoms with E-state index in [1.165, 1.54) is 33.4 Å². The highest BCUT2D eigenvalue weighted by atomic mass is 14.7. The number of pyridine rings is 1. The average Bonchev–Trinajstić information content (AvgIpc) is 2.40. The number of nitrogens with zero attached hydrogens (tertiary/aromatic N) is 1. The number of aromatic nitrogens is 1. The van der Waals surface area contributed by atoms with Gasteiger partial charge < -0.3 is 0 Å². The molecule has 1 aromatic carbocycles. The molecular weight excluding hydrogens is 230 g/mol. The van der Waals surface area contributed by atoms with E-state index in [2.05, 4.69) is 59.7 Å². The molecule has 0 aliphatic carbocycles. The van der Waals surface area contributed by atoms with Crippen molar-refractivity contribution >= 4 is 0 Å². The van der Waals surface area contributed by atoms with Crippen LogP contribution in [0.5, 0.6) is 0 Å². The van der Waals surface area contributed by atoms with E-state index in [0.29, 0.717) is 0 Å². The first-order chi connectivity index (χ1) is 8.97. The zero-order chi connectivity index (χ0) is 14.2. The van der Waals surface area contributed by atoms with Gasteiger partial charge in [0.2, 0.25) is 0 Å². The molecule has 0 aliphatic heterocycles. The molecule has 0 amide bonds. The molecule has 1 heterocycles. The van der Waals surface area contributed by atoms with Gasteiger partial charge in [0.25, 0.3) is 0 Å². The molecule has 0 unspecified atom stereocenters. The van der Waals surface area contributed by atoms with Gasteiger partial charge in [0, 0.05) is 11.3 Å². The molecule has 1 aromatic heterocycles. The molecule has 100 valence electrons. The summed E-state index contributed by atoms with van der Waals surface area (Å²) in [5.74, 6) is 0. The first-order valence-corrected chi connectivity index (χ1v) is 7.00. The van der Waals surface area contributed by atoms with Crippen LogP contribution in [0.1, 0.15) is 40.4 Å². The van der Waals surface area contributed by atoms with Crippen LogP contribution in [-0.4, -0.2) is 4.98 Å². The molecular formula is C18H23N. The van der Waals surface area contributed by atoms with Crippen molar-refractivity contribution in [3.05, 3.63) is 51.7 Å². The molecule has 0 aliphatic rings. The van der Waals surface area contributed by atoms with Gasteiger partial charge >= 0.3 is 0 Å². The van der Waals surface area contributed by atoms with Crippen LogP contribution in [0.15, 0.2) is 18.2 Å². The second kappa shape index (κ2) is 5.16. The summed E-state index contributed by atoms with van der Waals surface area (Å²) in [7, 11) is 0. The maximum absolute atomic E-state index is 4.72. The monoisotopic (exact) mass is 253 g/mol. The lowest BCUT2D eigenvalue weighted by molar-refractivity contribution is 1.06. The Labute approximate surface area is 116 Å². The maximum Gasteiger partial charge on any atom is 0.0710 e. The second-order valence-corrected chi connectivity index (χ2v) is 5.37. The minimum atomic E-state index is 1.05. The summed E-state index contributed by atoms with van der Waals surface area (Å²) in [4.78, 5) is 4.72. The highest BCUT2D eigenvalue weighted by molar-refractivity contribution is 5.72. The molecule has 0 bridgehead atoms. The summed E-state index contributed by atoms with van der Waals surface area (Å²) in [5.41, 5.74) is 10.6. The molecule has 1 nitrogen and oxygen atoms in total. The van der Waals surface area contributed by atoms with E-state index in [1.807, 2.05) is 0 Å². The van der Waals surface area contributed by atoms with Gasteiger partial charge in [-0.1, -0.05) is 13.0 Å². The Morgan fingerprint density at radius 1 is 0.842 bits per heavy atom. The van der Waals surface area contributed by atoms with Gasteiger partial charge in [0.15, 0.2) is 0 Å². The van der Waals surface area contributed by atoms with Crippen LogP contribution in [0.4, 0.5) is 0 Å². The number of rotatable bonds is 2. The van der Waals surface area contributed by atoms with Gasteiger partial charge in [-0.05, 0) is 81.0 Å². The van der Waals surface area contributed by atoms with Crippen LogP contribution in [0.2, 0.25) is 0 Å². The van der Waals surface area contributed by atoms with Crippen LogP contribution < -0.4 is 0 Å². The molecule has 0 radical (unpaired) electrons. The molecule has 2 aromatic rings. The van der Waals surface area contributed by atoms with Gasteiger partial charge in [0.1, 0.15) is 0 Å². The van der Waals surface area contributed by atoms with Crippen LogP contribution >= 0.6 is 0 Å². The lowest BCUT2D eigenvalue weighted by Crippen LogP contribution is -2.03. The van der Waals surface area contributed by atoms with Crippen LogP contribution in [0.25, 0.3) is 11.3 Å². The minimum absolute atomic E-state index is 1.05. The highest BCUT2D eigenvalue weighted by Gasteiger charge is 2.16. The van der Waals surface area contributed by atoms with Gasteiger partial charge in [-0.15, -0.1) is 0 Å². The fourth-order valence-electron chi connectivity index (χ4n) is 2.86. The van der Waals surface area contributed by atoms with Crippen molar-refractivity contribution in [1.82, 2.24) is 4.98 Å². The normalized spacial score (nSPS) is 10.8. The summed E-state index contributed by atoms with van der Waals surface area (Å²) < 4.78 is 0. The Balaban J connectivity index is 2.83. The third-order valence-electron chi connectivity index (χ3n) is 4.31. The van der Waals surface area contributed by atoms with E-state index in [0.717, 1.165) is 17.8 Å². The first kappa shape index (κ1) is 13.8. The summed E-state index contributed by atoms with van der Waals surface area (Å²) in [6.07, 6.45) is 1.05. The van der Waals surface area contributed by atoms with Crippen molar-refractivity contribution in [1.29, 1.82) is 0 Å². The number of benzene rings is 1. The smallest absolute Gasteiger partial charge is 0.0710 e. The first-order valence-electron chi connectivity index (χ1n) is 7.00. The standard InChI is InChI=1S/C18H23N/c1-7-16-14(5)12(3)13(4)15(6)18(16)17-10-8-9-11(2)19-17/h8-10H,7H2,1-6H3. The third kappa shape index (κ3) is 2.30. The molecule has 19 heavy (non-hydrogen) atoms. The van der Waals surface area contributed by atoms with Crippen LogP contribution in [-0.2, 0) is 6.42 Å². The Hall–Kier alpha value is -1.63. The van der Waals surface area contributed by atoms with Crippen molar-refractivity contribution < 1.29 is 0 Å². The van der Waals surface area contributed by atoms with E-state index >= 15 is 0 Å². The van der Waals surface area contributed by atoms with E-state index < -0.39 is 0 Å². The Bertz CT molecular complexity index is 624. The lowest BCUT2D eigenvalue weighted by Gasteiger charge is -2.20. The van der Waals surface area contributed by atoms with E-state index in [9.17, 15) is 0 Å². The molecule has 0 N–H and O–H groups in total. The topological polar surface area (TPSA) is 12.9 Å². The summed E-state index contributed by atoms with van der Waals surface area (Å²) in [6.45, 7) is 13.2. The zero-order valence-electron chi connectivity index (χ0n) is 12.9. The highest BCUT2D eigenvalue weighted by Crippen LogP contribution is 2.33. The molecule has 1 heteroatoms. The zero-order valence-corrected chi connectivity index (χ0v) is 12.9. The lowest BCUT2D eigenvalue weighted by atomic mass is 9.86. The fourth-order valence-corrected chi connectivity index (χ4v) is 2.86. The van der Waals surface area contributed by atoms with Crippen LogP contribution in [0, 0.1) is 34.6 Å². The largest absolute Gasteiger partial charge is 0.253 e. The molecule has 0 atom stereocenters. The van der Waals surface area contributed by atoms with Crippen molar-refractivity contribution in [3.8, 4) is 11.3 Å². The van der Waals surface area contributed by atoms with Crippen molar-refractivity contribution in [2.45, 2.75) is 48.0 Å². The molecule has 2 rings (SSSR count). The Morgan fingerprint density at radius 2 is 1.47 bits per heavy atom. The van der Waals surface area contributed by atoms with E-state index in [4.69, 9.17) is 4.98 Å². The summed E-state index contributed by atoms with van der Waals surface area (Å²) >= 11 is 0. The van der Waals surface area contributed by atoms with E-state index in [1.54, 1.807) is 0 Å². The van der Waals surface area contributed by atoms with Crippen molar-refractivity contribution in [2.75, 3.05) is 0 Å². The number of aryl methyl sites for hydroxylation is 1. The quantitative estimate of drug-likeness (QED) is 0.745. The van der Waals surface area contributed by atoms with Gasteiger partial charge in [-0.2, -0.15) is 0 Å². The molecule has 0 spiro atoms. The van der Waals surface area contributed by atoms with Gasteiger partial charge in [-0.3, -0.25) is 4.98 Å². The molecule has 0 saturated heterocycles. The fraction of sp³-hybridized carbons (Fsp3) is 0.389. The van der Waals surface area contributed by atoms with Crippen LogP contribution in [0.3, 0.4) is 0 Å². The van der Waals surface area contributed by atoms with Gasteiger partial charge in [-0.25, -0.2) is 0 Å². The summed E-state index contributed by atoms with van der Waals surface area (Å²) in [5, 5.41) is 0. The third-order valence-corrected chi connectivity index (χ3v) is 4.31. The number of hydrogen-bond acceptors (Lipinski definition) is 1. The van der Waals surface area contributed by atoms with Gasteiger partial charge in [0.05, 0.1) is 5.69 Å². The minimum Gasteiger partial charge on any atom is -0.253 e. The predicted octanol–water partition coefficient (Wildman–Crippen LogP) is 4.85. The maximum atomic E-state index is 4.72. The summed E-state index contributed by atoms with van der Waals surface area (Å²) in [6, 6.07) is 6.28. The molecule has 0 fully saturated rings. The SMILES string of the molecule is CCc1c(C)c(C)c(C)c(C)c1-c1cccc(C)n1. The number of hydrogen-bond donors (Lipinski definition) is 0. The Morgan fingerprint density at radius 3 is 2.05 bits per heavy atom. The van der Waals surface area contributed by atoms with E-state index in [-0.39, 0.29) is 0 Å². The second-order valence-electron chi connectivity index (χ2n) is 5.37. The predicted molar refractivity (Wildman–Crippen MR) is 82.7 cm³/mol. The Kier molecular flexibility index (Phi) is 3.75.